The van der Waals surface area contributed by atoms with Crippen molar-refractivity contribution in [1.82, 2.24) is 5.32 Å². The van der Waals surface area contributed by atoms with Gasteiger partial charge in [0.1, 0.15) is 5.60 Å². The van der Waals surface area contributed by atoms with Crippen molar-refractivity contribution in [2.75, 3.05) is 27.3 Å². The minimum Gasteiger partial charge on any atom is -0.493 e. The van der Waals surface area contributed by atoms with Gasteiger partial charge in [-0.05, 0) is 63.6 Å². The number of hydrogen-bond donors (Lipinski definition) is 1. The minimum atomic E-state index is -0.457. The van der Waals surface area contributed by atoms with Crippen molar-refractivity contribution in [2.45, 2.75) is 32.3 Å². The van der Waals surface area contributed by atoms with Gasteiger partial charge in [0.2, 0.25) is 0 Å². The maximum atomic E-state index is 12.2. The quantitative estimate of drug-likeness (QED) is 0.640. The molecule has 24 heavy (non-hydrogen) atoms. The summed E-state index contributed by atoms with van der Waals surface area (Å²) in [6, 6.07) is 5.49. The number of nitrogens with one attached hydrogen (secondary N) is 1. The molecule has 1 aliphatic rings. The SMILES string of the molecule is COc1ccc(/C=C/C(=O)OC(C)(C)C2CCNCC2)cc1OC. The molecule has 132 valence electrons. The Bertz CT molecular complexity index is 589. The van der Waals surface area contributed by atoms with Crippen LogP contribution in [-0.4, -0.2) is 38.9 Å². The second kappa shape index (κ2) is 8.20. The van der Waals surface area contributed by atoms with Crippen LogP contribution in [0.4, 0.5) is 0 Å². The predicted molar refractivity (Wildman–Crippen MR) is 94.3 cm³/mol. The highest BCUT2D eigenvalue weighted by Crippen LogP contribution is 2.30. The predicted octanol–water partition coefficient (Wildman–Crippen LogP) is 3.04. The standard InChI is InChI=1S/C19H27NO4/c1-19(2,15-9-11-20-12-10-15)24-18(21)8-6-14-5-7-16(22-3)17(13-14)23-4/h5-8,13,15,20H,9-12H2,1-4H3/b8-6+. The van der Waals surface area contributed by atoms with Crippen LogP contribution in [0.1, 0.15) is 32.3 Å². The highest BCUT2D eigenvalue weighted by atomic mass is 16.6. The molecule has 0 amide bonds. The molecule has 1 N–H and O–H groups in total. The summed E-state index contributed by atoms with van der Waals surface area (Å²) < 4.78 is 16.2. The monoisotopic (exact) mass is 333 g/mol. The molecule has 0 radical (unpaired) electrons. The Labute approximate surface area is 144 Å². The van der Waals surface area contributed by atoms with Crippen LogP contribution in [-0.2, 0) is 9.53 Å². The number of carbonyl (C=O) groups excluding carboxylic acids is 1. The molecule has 2 rings (SSSR count). The first-order valence-corrected chi connectivity index (χ1v) is 8.30. The van der Waals surface area contributed by atoms with Crippen LogP contribution in [0, 0.1) is 5.92 Å². The van der Waals surface area contributed by atoms with Crippen LogP contribution in [0.15, 0.2) is 24.3 Å². The van der Waals surface area contributed by atoms with E-state index in [9.17, 15) is 4.79 Å². The number of methoxy groups -OCH3 is 2. The Morgan fingerprint density at radius 3 is 2.46 bits per heavy atom. The van der Waals surface area contributed by atoms with Gasteiger partial charge in [-0.25, -0.2) is 4.79 Å². The summed E-state index contributed by atoms with van der Waals surface area (Å²) in [6.07, 6.45) is 5.24. The summed E-state index contributed by atoms with van der Waals surface area (Å²) >= 11 is 0. The number of piperidine rings is 1. The summed E-state index contributed by atoms with van der Waals surface area (Å²) in [4.78, 5) is 12.2. The zero-order valence-electron chi connectivity index (χ0n) is 14.9. The fourth-order valence-corrected chi connectivity index (χ4v) is 3.01. The molecule has 0 bridgehead atoms. The number of rotatable bonds is 6. The first-order valence-electron chi connectivity index (χ1n) is 8.30. The summed E-state index contributed by atoms with van der Waals surface area (Å²) in [5, 5.41) is 3.33. The smallest absolute Gasteiger partial charge is 0.331 e. The lowest BCUT2D eigenvalue weighted by Gasteiger charge is -2.36. The van der Waals surface area contributed by atoms with Gasteiger partial charge in [-0.2, -0.15) is 0 Å². The van der Waals surface area contributed by atoms with Gasteiger partial charge < -0.3 is 19.5 Å². The molecule has 1 aromatic carbocycles. The molecule has 5 nitrogen and oxygen atoms in total. The molecule has 0 saturated carbocycles. The van der Waals surface area contributed by atoms with Gasteiger partial charge in [-0.3, -0.25) is 0 Å². The van der Waals surface area contributed by atoms with E-state index in [0.29, 0.717) is 17.4 Å². The van der Waals surface area contributed by atoms with E-state index < -0.39 is 5.60 Å². The topological polar surface area (TPSA) is 56.8 Å². The molecule has 1 aliphatic heterocycles. The summed E-state index contributed by atoms with van der Waals surface area (Å²) in [6.45, 7) is 5.94. The average molecular weight is 333 g/mol. The maximum Gasteiger partial charge on any atom is 0.331 e. The van der Waals surface area contributed by atoms with Crippen LogP contribution < -0.4 is 14.8 Å². The average Bonchev–Trinajstić information content (AvgIpc) is 2.60. The fraction of sp³-hybridized carbons (Fsp3) is 0.526. The van der Waals surface area contributed by atoms with E-state index in [4.69, 9.17) is 14.2 Å². The molecule has 0 unspecified atom stereocenters. The lowest BCUT2D eigenvalue weighted by molar-refractivity contribution is -0.156. The molecule has 1 aromatic rings. The molecule has 0 atom stereocenters. The van der Waals surface area contributed by atoms with Crippen molar-refractivity contribution >= 4 is 12.0 Å². The fourth-order valence-electron chi connectivity index (χ4n) is 3.01. The first kappa shape index (κ1) is 18.3. The maximum absolute atomic E-state index is 12.2. The Morgan fingerprint density at radius 1 is 1.17 bits per heavy atom. The molecular weight excluding hydrogens is 306 g/mol. The third kappa shape index (κ3) is 4.74. The van der Waals surface area contributed by atoms with Crippen molar-refractivity contribution in [1.29, 1.82) is 0 Å². The zero-order chi connectivity index (χ0) is 17.6. The van der Waals surface area contributed by atoms with E-state index in [1.165, 1.54) is 6.08 Å². The van der Waals surface area contributed by atoms with Gasteiger partial charge >= 0.3 is 5.97 Å². The van der Waals surface area contributed by atoms with Crippen molar-refractivity contribution < 1.29 is 19.0 Å². The van der Waals surface area contributed by atoms with Crippen LogP contribution in [0.25, 0.3) is 6.08 Å². The Hall–Kier alpha value is -2.01. The molecule has 0 spiro atoms. The molecule has 0 aliphatic carbocycles. The lowest BCUT2D eigenvalue weighted by Crippen LogP contribution is -2.42. The van der Waals surface area contributed by atoms with E-state index in [1.807, 2.05) is 32.0 Å². The van der Waals surface area contributed by atoms with E-state index in [2.05, 4.69) is 5.32 Å². The van der Waals surface area contributed by atoms with Crippen LogP contribution in [0.3, 0.4) is 0 Å². The van der Waals surface area contributed by atoms with Crippen LogP contribution in [0.2, 0.25) is 0 Å². The van der Waals surface area contributed by atoms with E-state index in [1.54, 1.807) is 20.3 Å². The Balaban J connectivity index is 1.99. The molecular formula is C19H27NO4. The van der Waals surface area contributed by atoms with E-state index >= 15 is 0 Å². The first-order chi connectivity index (χ1) is 11.5. The Morgan fingerprint density at radius 2 is 1.83 bits per heavy atom. The molecule has 1 fully saturated rings. The number of carbonyl (C=O) groups is 1. The van der Waals surface area contributed by atoms with Crippen molar-refractivity contribution in [2.24, 2.45) is 5.92 Å². The van der Waals surface area contributed by atoms with Gasteiger partial charge in [0.15, 0.2) is 11.5 Å². The largest absolute Gasteiger partial charge is 0.493 e. The van der Waals surface area contributed by atoms with Crippen LogP contribution in [0.5, 0.6) is 11.5 Å². The van der Waals surface area contributed by atoms with Crippen molar-refractivity contribution in [3.8, 4) is 11.5 Å². The van der Waals surface area contributed by atoms with Gasteiger partial charge in [-0.15, -0.1) is 0 Å². The third-order valence-electron chi connectivity index (χ3n) is 4.51. The summed E-state index contributed by atoms with van der Waals surface area (Å²) in [5.74, 6) is 1.35. The second-order valence-corrected chi connectivity index (χ2v) is 6.50. The normalized spacial score (nSPS) is 16.2. The third-order valence-corrected chi connectivity index (χ3v) is 4.51. The highest BCUT2D eigenvalue weighted by molar-refractivity contribution is 5.87. The molecule has 0 aromatic heterocycles. The van der Waals surface area contributed by atoms with Gasteiger partial charge in [-0.1, -0.05) is 6.07 Å². The second-order valence-electron chi connectivity index (χ2n) is 6.50. The van der Waals surface area contributed by atoms with Crippen molar-refractivity contribution in [3.63, 3.8) is 0 Å². The number of ether oxygens (including phenoxy) is 3. The van der Waals surface area contributed by atoms with Gasteiger partial charge in [0.25, 0.3) is 0 Å². The summed E-state index contributed by atoms with van der Waals surface area (Å²) in [5.41, 5.74) is 0.394. The minimum absolute atomic E-state index is 0.326. The van der Waals surface area contributed by atoms with Crippen LogP contribution >= 0.6 is 0 Å². The van der Waals surface area contributed by atoms with Crippen molar-refractivity contribution in [3.05, 3.63) is 29.8 Å². The highest BCUT2D eigenvalue weighted by Gasteiger charge is 2.33. The molecule has 1 saturated heterocycles. The lowest BCUT2D eigenvalue weighted by atomic mass is 9.83. The summed E-state index contributed by atoms with van der Waals surface area (Å²) in [7, 11) is 3.18. The number of esters is 1. The zero-order valence-corrected chi connectivity index (χ0v) is 14.9. The molecule has 5 heteroatoms. The molecule has 1 heterocycles. The Kier molecular flexibility index (Phi) is 6.26. The van der Waals surface area contributed by atoms with Gasteiger partial charge in [0.05, 0.1) is 14.2 Å². The number of benzene rings is 1. The van der Waals surface area contributed by atoms with Gasteiger partial charge in [0, 0.05) is 12.0 Å². The van der Waals surface area contributed by atoms with E-state index in [-0.39, 0.29) is 5.97 Å². The van der Waals surface area contributed by atoms with E-state index in [0.717, 1.165) is 31.5 Å². The number of hydrogen-bond acceptors (Lipinski definition) is 5.